The van der Waals surface area contributed by atoms with E-state index in [1.54, 1.807) is 12.2 Å². The number of unbranched alkanes of at least 4 members (excludes halogenated alkanes) is 17. The number of carbonyl (C=O) groups excluding carboxylic acids is 2. The number of allylic oxidation sites excluding steroid dienone is 9. The van der Waals surface area contributed by atoms with Gasteiger partial charge >= 0.3 is 19.8 Å². The van der Waals surface area contributed by atoms with E-state index in [1.165, 1.54) is 89.9 Å². The van der Waals surface area contributed by atoms with Crippen LogP contribution in [0.3, 0.4) is 0 Å². The van der Waals surface area contributed by atoms with E-state index in [-0.39, 0.29) is 19.4 Å². The predicted octanol–water partition coefficient (Wildman–Crippen LogP) is 11.9. The standard InChI is InChI=1S/C44H77O9P/c1-3-5-7-9-11-13-15-17-18-19-20-21-23-25-27-29-31-33-37-44(47)53-42(40-52-54(48,49)50)39-51-43(46)38-34-36-41(45)35-32-30-28-26-24-22-16-14-12-10-8-6-4-2/h6,8,12,14,22,24,28,30,32,35,41-42,45H,3-5,7,9-11,13,15-21,23,25-27,29,31,33-34,36-40H2,1-2H3,(H2,48,49,50)/b8-6-,14-12-,24-22-,30-28-,35-32+/t41?,42-/m1/s1. The van der Waals surface area contributed by atoms with Crippen molar-refractivity contribution in [3.8, 4) is 0 Å². The van der Waals surface area contributed by atoms with Crippen molar-refractivity contribution in [3.63, 3.8) is 0 Å². The van der Waals surface area contributed by atoms with Gasteiger partial charge in [0.05, 0.1) is 12.7 Å². The largest absolute Gasteiger partial charge is 0.469 e. The van der Waals surface area contributed by atoms with Gasteiger partial charge in [0, 0.05) is 12.8 Å². The quantitative estimate of drug-likeness (QED) is 0.0184. The molecule has 0 aromatic rings. The van der Waals surface area contributed by atoms with Gasteiger partial charge in [-0.2, -0.15) is 0 Å². The molecule has 0 amide bonds. The first-order valence-electron chi connectivity index (χ1n) is 21.2. The molecule has 9 nitrogen and oxygen atoms in total. The van der Waals surface area contributed by atoms with E-state index in [0.717, 1.165) is 44.9 Å². The van der Waals surface area contributed by atoms with E-state index < -0.39 is 38.6 Å². The second kappa shape index (κ2) is 39.0. The highest BCUT2D eigenvalue weighted by atomic mass is 31.2. The van der Waals surface area contributed by atoms with Crippen LogP contribution >= 0.6 is 7.82 Å². The molecule has 0 heterocycles. The van der Waals surface area contributed by atoms with Crippen molar-refractivity contribution in [1.29, 1.82) is 0 Å². The topological polar surface area (TPSA) is 140 Å². The van der Waals surface area contributed by atoms with E-state index >= 15 is 0 Å². The molecule has 0 saturated heterocycles. The molecule has 0 fully saturated rings. The Kier molecular flexibility index (Phi) is 37.3. The van der Waals surface area contributed by atoms with Crippen LogP contribution in [0.15, 0.2) is 60.8 Å². The Labute approximate surface area is 329 Å². The molecule has 312 valence electrons. The van der Waals surface area contributed by atoms with E-state index in [9.17, 15) is 19.3 Å². The number of hydrogen-bond donors (Lipinski definition) is 3. The van der Waals surface area contributed by atoms with Crippen molar-refractivity contribution in [1.82, 2.24) is 0 Å². The minimum Gasteiger partial charge on any atom is -0.462 e. The Bertz CT molecular complexity index is 1080. The fourth-order valence-electron chi connectivity index (χ4n) is 5.76. The summed E-state index contributed by atoms with van der Waals surface area (Å²) in [5.41, 5.74) is 0. The van der Waals surface area contributed by atoms with Gasteiger partial charge in [0.2, 0.25) is 0 Å². The number of phosphoric ester groups is 1. The van der Waals surface area contributed by atoms with Gasteiger partial charge in [-0.05, 0) is 44.9 Å². The molecule has 0 aromatic heterocycles. The average Bonchev–Trinajstić information content (AvgIpc) is 3.13. The number of aliphatic hydroxyl groups is 1. The number of rotatable bonds is 38. The zero-order valence-corrected chi connectivity index (χ0v) is 34.9. The number of esters is 2. The highest BCUT2D eigenvalue weighted by Crippen LogP contribution is 2.36. The van der Waals surface area contributed by atoms with E-state index in [0.29, 0.717) is 19.3 Å². The molecule has 54 heavy (non-hydrogen) atoms. The fourth-order valence-corrected chi connectivity index (χ4v) is 6.12. The van der Waals surface area contributed by atoms with E-state index in [4.69, 9.17) is 19.3 Å². The first-order valence-corrected chi connectivity index (χ1v) is 22.7. The molecule has 0 radical (unpaired) electrons. The lowest BCUT2D eigenvalue weighted by molar-refractivity contribution is -0.161. The van der Waals surface area contributed by atoms with Crippen LogP contribution < -0.4 is 0 Å². The lowest BCUT2D eigenvalue weighted by atomic mass is 10.0. The van der Waals surface area contributed by atoms with Crippen molar-refractivity contribution in [2.75, 3.05) is 13.2 Å². The lowest BCUT2D eigenvalue weighted by Gasteiger charge is -2.18. The SMILES string of the molecule is CC/C=C\C/C=C\C/C=C\C/C=C\C=C\C(O)CCCC(=O)OC[C@H](COP(=O)(O)O)OC(=O)CCCCCCCCCCCCCCCCCCCC. The number of hydrogen-bond acceptors (Lipinski definition) is 7. The van der Waals surface area contributed by atoms with Gasteiger partial charge < -0.3 is 24.4 Å². The van der Waals surface area contributed by atoms with Crippen molar-refractivity contribution in [2.24, 2.45) is 0 Å². The van der Waals surface area contributed by atoms with Crippen LogP contribution in [0.5, 0.6) is 0 Å². The summed E-state index contributed by atoms with van der Waals surface area (Å²) in [5.74, 6) is -1.09. The molecule has 1 unspecified atom stereocenters. The molecular formula is C44H77O9P. The second-order valence-corrected chi connectivity index (χ2v) is 15.4. The molecule has 10 heteroatoms. The lowest BCUT2D eigenvalue weighted by Crippen LogP contribution is -2.29. The Morgan fingerprint density at radius 1 is 0.574 bits per heavy atom. The molecule has 0 aliphatic carbocycles. The molecule has 3 N–H and O–H groups in total. The van der Waals surface area contributed by atoms with Crippen LogP contribution in [0.2, 0.25) is 0 Å². The third-order valence-electron chi connectivity index (χ3n) is 8.90. The van der Waals surface area contributed by atoms with Crippen molar-refractivity contribution in [3.05, 3.63) is 60.8 Å². The maximum absolute atomic E-state index is 12.4. The number of ether oxygens (including phenoxy) is 2. The van der Waals surface area contributed by atoms with E-state index in [1.807, 2.05) is 12.2 Å². The van der Waals surface area contributed by atoms with Crippen molar-refractivity contribution >= 4 is 19.8 Å². The minimum absolute atomic E-state index is 0.0359. The van der Waals surface area contributed by atoms with Crippen LogP contribution in [0.4, 0.5) is 0 Å². The number of aliphatic hydroxyl groups excluding tert-OH is 1. The second-order valence-electron chi connectivity index (χ2n) is 14.1. The monoisotopic (exact) mass is 781 g/mol. The number of phosphoric acid groups is 1. The fraction of sp³-hybridized carbons (Fsp3) is 0.727. The molecule has 0 spiro atoms. The van der Waals surface area contributed by atoms with E-state index in [2.05, 4.69) is 54.8 Å². The maximum atomic E-state index is 12.4. The molecule has 0 bridgehead atoms. The average molecular weight is 781 g/mol. The zero-order valence-electron chi connectivity index (χ0n) is 34.0. The third-order valence-corrected chi connectivity index (χ3v) is 9.39. The highest BCUT2D eigenvalue weighted by Gasteiger charge is 2.23. The van der Waals surface area contributed by atoms with Crippen molar-refractivity contribution < 1.29 is 43.0 Å². The third kappa shape index (κ3) is 40.9. The van der Waals surface area contributed by atoms with Gasteiger partial charge in [0.1, 0.15) is 6.61 Å². The van der Waals surface area contributed by atoms with Crippen LogP contribution in [0, 0.1) is 0 Å². The summed E-state index contributed by atoms with van der Waals surface area (Å²) in [5, 5.41) is 10.2. The minimum atomic E-state index is -4.80. The van der Waals surface area contributed by atoms with Gasteiger partial charge in [0.15, 0.2) is 6.10 Å². The van der Waals surface area contributed by atoms with Gasteiger partial charge in [0.25, 0.3) is 0 Å². The van der Waals surface area contributed by atoms with Gasteiger partial charge in [-0.15, -0.1) is 0 Å². The molecular weight excluding hydrogens is 703 g/mol. The van der Waals surface area contributed by atoms with Gasteiger partial charge in [-0.3, -0.25) is 14.1 Å². The maximum Gasteiger partial charge on any atom is 0.469 e. The smallest absolute Gasteiger partial charge is 0.462 e. The van der Waals surface area contributed by atoms with Crippen LogP contribution in [0.25, 0.3) is 0 Å². The summed E-state index contributed by atoms with van der Waals surface area (Å²) in [6, 6.07) is 0. The van der Waals surface area contributed by atoms with Gasteiger partial charge in [-0.1, -0.05) is 184 Å². The summed E-state index contributed by atoms with van der Waals surface area (Å²) in [6.07, 6.45) is 45.5. The normalized spacial score (nSPS) is 13.6. The van der Waals surface area contributed by atoms with Gasteiger partial charge in [-0.25, -0.2) is 4.57 Å². The first-order chi connectivity index (χ1) is 26.2. The Balaban J connectivity index is 4.08. The highest BCUT2D eigenvalue weighted by molar-refractivity contribution is 7.46. The van der Waals surface area contributed by atoms with Crippen LogP contribution in [0.1, 0.15) is 181 Å². The molecule has 0 aliphatic heterocycles. The Morgan fingerprint density at radius 3 is 1.54 bits per heavy atom. The summed E-state index contributed by atoms with van der Waals surface area (Å²) in [6.45, 7) is 3.41. The van der Waals surface area contributed by atoms with Crippen molar-refractivity contribution in [2.45, 2.75) is 193 Å². The first kappa shape index (κ1) is 51.7. The number of carbonyl (C=O) groups is 2. The Hall–Kier alpha value is -2.29. The predicted molar refractivity (Wildman–Crippen MR) is 222 cm³/mol. The summed E-state index contributed by atoms with van der Waals surface area (Å²) >= 11 is 0. The van der Waals surface area contributed by atoms with Crippen LogP contribution in [-0.4, -0.2) is 52.3 Å². The Morgan fingerprint density at radius 2 is 1.04 bits per heavy atom. The molecule has 0 saturated carbocycles. The molecule has 0 aromatic carbocycles. The summed E-state index contributed by atoms with van der Waals surface area (Å²) in [4.78, 5) is 42.9. The molecule has 2 atom stereocenters. The summed E-state index contributed by atoms with van der Waals surface area (Å²) in [7, 11) is -4.80. The van der Waals surface area contributed by atoms with Crippen LogP contribution in [-0.2, 0) is 28.2 Å². The molecule has 0 rings (SSSR count). The summed E-state index contributed by atoms with van der Waals surface area (Å²) < 4.78 is 26.3. The zero-order chi connectivity index (χ0) is 39.8. The molecule has 0 aliphatic rings.